The van der Waals surface area contributed by atoms with Gasteiger partial charge in [-0.1, -0.05) is 18.2 Å². The van der Waals surface area contributed by atoms with Crippen LogP contribution in [0.5, 0.6) is 5.75 Å². The highest BCUT2D eigenvalue weighted by Gasteiger charge is 2.24. The van der Waals surface area contributed by atoms with Crippen LogP contribution in [0.1, 0.15) is 24.3 Å². The van der Waals surface area contributed by atoms with E-state index in [1.165, 1.54) is 10.9 Å². The second kappa shape index (κ2) is 7.89. The van der Waals surface area contributed by atoms with E-state index in [2.05, 4.69) is 27.1 Å². The first kappa shape index (κ1) is 17.1. The predicted molar refractivity (Wildman–Crippen MR) is 102 cm³/mol. The number of fused-ring (bicyclic) bond motifs is 1. The molecule has 1 atom stereocenters. The van der Waals surface area contributed by atoms with Crippen molar-refractivity contribution in [2.24, 2.45) is 0 Å². The summed E-state index contributed by atoms with van der Waals surface area (Å²) in [6.45, 7) is 2.99. The molecule has 0 bridgehead atoms. The Labute approximate surface area is 153 Å². The van der Waals surface area contributed by atoms with Crippen LogP contribution >= 0.6 is 0 Å². The van der Waals surface area contributed by atoms with Crippen molar-refractivity contribution in [1.82, 2.24) is 14.9 Å². The van der Waals surface area contributed by atoms with Crippen LogP contribution < -0.4 is 4.74 Å². The van der Waals surface area contributed by atoms with Crippen LogP contribution in [0.25, 0.3) is 11.0 Å². The van der Waals surface area contributed by atoms with Gasteiger partial charge in [-0.15, -0.1) is 0 Å². The number of aromatic nitrogens is 2. The van der Waals surface area contributed by atoms with Crippen molar-refractivity contribution >= 4 is 11.0 Å². The Bertz CT molecular complexity index is 825. The van der Waals surface area contributed by atoms with Gasteiger partial charge in [0, 0.05) is 24.3 Å². The fourth-order valence-electron chi connectivity index (χ4n) is 3.80. The lowest BCUT2D eigenvalue weighted by Crippen LogP contribution is -2.40. The summed E-state index contributed by atoms with van der Waals surface area (Å²) in [6, 6.07) is 13.8. The molecule has 0 spiro atoms. The topological polar surface area (TPSA) is 61.4 Å². The monoisotopic (exact) mass is 351 g/mol. The van der Waals surface area contributed by atoms with Gasteiger partial charge in [-0.2, -0.15) is 0 Å². The zero-order valence-electron chi connectivity index (χ0n) is 14.8. The van der Waals surface area contributed by atoms with Crippen LogP contribution in [0, 0.1) is 0 Å². The molecule has 3 aromatic rings. The number of nitrogens with one attached hydrogen (secondary N) is 1. The third kappa shape index (κ3) is 3.89. The molecule has 136 valence electrons. The Hall–Kier alpha value is -2.37. The first-order valence-corrected chi connectivity index (χ1v) is 9.30. The second-order valence-corrected chi connectivity index (χ2v) is 7.00. The molecule has 1 saturated heterocycles. The summed E-state index contributed by atoms with van der Waals surface area (Å²) in [5, 5.41) is 11.5. The van der Waals surface area contributed by atoms with Gasteiger partial charge in [-0.3, -0.25) is 0 Å². The molecule has 1 aliphatic heterocycles. The summed E-state index contributed by atoms with van der Waals surface area (Å²) in [4.78, 5) is 10.00. The number of ether oxygens (including phenoxy) is 1. The Morgan fingerprint density at radius 2 is 1.96 bits per heavy atom. The summed E-state index contributed by atoms with van der Waals surface area (Å²) in [5.74, 6) is 1.36. The summed E-state index contributed by atoms with van der Waals surface area (Å²) >= 11 is 0. The van der Waals surface area contributed by atoms with E-state index in [1.54, 1.807) is 0 Å². The van der Waals surface area contributed by atoms with Crippen LogP contribution in [0.4, 0.5) is 0 Å². The van der Waals surface area contributed by atoms with Gasteiger partial charge in [0.05, 0.1) is 0 Å². The third-order valence-electron chi connectivity index (χ3n) is 5.17. The van der Waals surface area contributed by atoms with E-state index in [1.807, 2.05) is 42.6 Å². The van der Waals surface area contributed by atoms with Gasteiger partial charge in [0.25, 0.3) is 0 Å². The quantitative estimate of drug-likeness (QED) is 0.716. The smallest absolute Gasteiger partial charge is 0.137 e. The van der Waals surface area contributed by atoms with Gasteiger partial charge < -0.3 is 19.7 Å². The van der Waals surface area contributed by atoms with Crippen molar-refractivity contribution in [3.63, 3.8) is 0 Å². The lowest BCUT2D eigenvalue weighted by molar-refractivity contribution is 0.0595. The van der Waals surface area contributed by atoms with Gasteiger partial charge in [0.15, 0.2) is 0 Å². The van der Waals surface area contributed by atoms with Crippen molar-refractivity contribution in [2.75, 3.05) is 26.2 Å². The lowest BCUT2D eigenvalue weighted by Gasteiger charge is -2.33. The maximum Gasteiger partial charge on any atom is 0.137 e. The van der Waals surface area contributed by atoms with Gasteiger partial charge in [0.2, 0.25) is 0 Å². The molecule has 0 saturated carbocycles. The zero-order valence-corrected chi connectivity index (χ0v) is 14.8. The van der Waals surface area contributed by atoms with Crippen LogP contribution in [0.2, 0.25) is 0 Å². The standard InChI is InChI=1S/C21H25N3O2/c25-17(15-26-18-5-2-1-3-6-18)14-24-11-8-16(9-12-24)20-13-23-21-19(20)7-4-10-22-21/h1-7,10,13,16-17,25H,8-9,11-12,14-15H2,(H,22,23). The minimum atomic E-state index is -0.468. The van der Waals surface area contributed by atoms with Crippen molar-refractivity contribution in [3.05, 3.63) is 60.4 Å². The van der Waals surface area contributed by atoms with E-state index >= 15 is 0 Å². The SMILES string of the molecule is OC(COc1ccccc1)CN1CCC(c2c[nH]c3ncccc23)CC1. The van der Waals surface area contributed by atoms with Gasteiger partial charge in [0.1, 0.15) is 24.1 Å². The molecule has 1 unspecified atom stereocenters. The maximum absolute atomic E-state index is 10.3. The molecule has 0 aliphatic carbocycles. The fraction of sp³-hybridized carbons (Fsp3) is 0.381. The highest BCUT2D eigenvalue weighted by atomic mass is 16.5. The summed E-state index contributed by atoms with van der Waals surface area (Å²) < 4.78 is 5.65. The first-order valence-electron chi connectivity index (χ1n) is 9.30. The van der Waals surface area contributed by atoms with Crippen molar-refractivity contribution < 1.29 is 9.84 Å². The number of H-pyrrole nitrogens is 1. The van der Waals surface area contributed by atoms with E-state index in [0.717, 1.165) is 37.3 Å². The Kier molecular flexibility index (Phi) is 5.18. The molecule has 26 heavy (non-hydrogen) atoms. The molecular formula is C21H25N3O2. The number of aliphatic hydroxyl groups is 1. The molecule has 1 aromatic carbocycles. The number of hydrogen-bond donors (Lipinski definition) is 2. The van der Waals surface area contributed by atoms with Crippen LogP contribution in [-0.2, 0) is 0 Å². The molecule has 0 radical (unpaired) electrons. The number of pyridine rings is 1. The Balaban J connectivity index is 1.27. The first-order chi connectivity index (χ1) is 12.8. The highest BCUT2D eigenvalue weighted by molar-refractivity contribution is 5.80. The van der Waals surface area contributed by atoms with Gasteiger partial charge in [-0.05, 0) is 61.7 Å². The number of piperidine rings is 1. The molecule has 4 rings (SSSR count). The Morgan fingerprint density at radius 3 is 2.77 bits per heavy atom. The molecular weight excluding hydrogens is 326 g/mol. The van der Waals surface area contributed by atoms with Crippen LogP contribution in [0.3, 0.4) is 0 Å². The number of hydrogen-bond acceptors (Lipinski definition) is 4. The normalized spacial score (nSPS) is 17.4. The molecule has 2 N–H and O–H groups in total. The molecule has 1 fully saturated rings. The number of benzene rings is 1. The summed E-state index contributed by atoms with van der Waals surface area (Å²) in [5.41, 5.74) is 2.35. The number of aliphatic hydroxyl groups excluding tert-OH is 1. The lowest BCUT2D eigenvalue weighted by atomic mass is 9.89. The summed E-state index contributed by atoms with van der Waals surface area (Å²) in [7, 11) is 0. The Morgan fingerprint density at radius 1 is 1.15 bits per heavy atom. The number of para-hydroxylation sites is 1. The van der Waals surface area contributed by atoms with Gasteiger partial charge in [-0.25, -0.2) is 4.98 Å². The molecule has 5 heteroatoms. The maximum atomic E-state index is 10.3. The van der Waals surface area contributed by atoms with E-state index in [9.17, 15) is 5.11 Å². The fourth-order valence-corrected chi connectivity index (χ4v) is 3.80. The van der Waals surface area contributed by atoms with E-state index in [0.29, 0.717) is 19.1 Å². The number of nitrogens with zero attached hydrogens (tertiary/aromatic N) is 2. The molecule has 5 nitrogen and oxygen atoms in total. The predicted octanol–water partition coefficient (Wildman–Crippen LogP) is 3.18. The van der Waals surface area contributed by atoms with E-state index in [4.69, 9.17) is 4.74 Å². The molecule has 3 heterocycles. The van der Waals surface area contributed by atoms with Crippen molar-refractivity contribution in [2.45, 2.75) is 24.9 Å². The minimum absolute atomic E-state index is 0.331. The number of likely N-dealkylation sites (tertiary alicyclic amines) is 1. The largest absolute Gasteiger partial charge is 0.491 e. The zero-order chi connectivity index (χ0) is 17.8. The van der Waals surface area contributed by atoms with Crippen LogP contribution in [-0.4, -0.2) is 52.3 Å². The molecule has 2 aromatic heterocycles. The third-order valence-corrected chi connectivity index (χ3v) is 5.17. The van der Waals surface area contributed by atoms with Crippen molar-refractivity contribution in [3.8, 4) is 5.75 Å². The molecule has 1 aliphatic rings. The average molecular weight is 351 g/mol. The second-order valence-electron chi connectivity index (χ2n) is 7.00. The highest BCUT2D eigenvalue weighted by Crippen LogP contribution is 2.32. The van der Waals surface area contributed by atoms with Crippen molar-refractivity contribution in [1.29, 1.82) is 0 Å². The number of aromatic amines is 1. The van der Waals surface area contributed by atoms with Gasteiger partial charge >= 0.3 is 0 Å². The van der Waals surface area contributed by atoms with E-state index in [-0.39, 0.29) is 0 Å². The number of β-amino-alcohol motifs (C(OH)–C–C–N with tert-alkyl or cyclic N) is 1. The van der Waals surface area contributed by atoms with E-state index < -0.39 is 6.10 Å². The summed E-state index contributed by atoms with van der Waals surface area (Å²) in [6.07, 6.45) is 5.68. The van der Waals surface area contributed by atoms with Crippen LogP contribution in [0.15, 0.2) is 54.9 Å². The number of rotatable bonds is 6. The molecule has 0 amide bonds. The average Bonchev–Trinajstić information content (AvgIpc) is 3.12. The minimum Gasteiger partial charge on any atom is -0.491 e.